The van der Waals surface area contributed by atoms with Gasteiger partial charge in [-0.1, -0.05) is 6.07 Å². The highest BCUT2D eigenvalue weighted by molar-refractivity contribution is 6.00. The number of benzene rings is 2. The van der Waals surface area contributed by atoms with E-state index >= 15 is 0 Å². The van der Waals surface area contributed by atoms with Crippen LogP contribution in [0.4, 0.5) is 14.5 Å². The van der Waals surface area contributed by atoms with Crippen LogP contribution in [0.2, 0.25) is 0 Å². The van der Waals surface area contributed by atoms with Crippen LogP contribution >= 0.6 is 0 Å². The molecular formula is C19H17F2NO2. The molecule has 124 valence electrons. The van der Waals surface area contributed by atoms with Crippen molar-refractivity contribution in [3.8, 4) is 5.75 Å². The van der Waals surface area contributed by atoms with Crippen LogP contribution in [-0.2, 0) is 17.6 Å². The molecule has 0 radical (unpaired) electrons. The summed E-state index contributed by atoms with van der Waals surface area (Å²) in [4.78, 5) is 14.6. The SMILES string of the molecule is COc1ccc2c(c1)CCC2C(=O)N1CCc2cc(F)c(F)cc21. The summed E-state index contributed by atoms with van der Waals surface area (Å²) in [5.41, 5.74) is 3.32. The number of carbonyl (C=O) groups excluding carboxylic acids is 1. The number of fused-ring (bicyclic) bond motifs is 2. The Balaban J connectivity index is 1.65. The average molecular weight is 329 g/mol. The van der Waals surface area contributed by atoms with Crippen molar-refractivity contribution in [3.63, 3.8) is 0 Å². The van der Waals surface area contributed by atoms with E-state index in [0.717, 1.165) is 35.8 Å². The van der Waals surface area contributed by atoms with Crippen molar-refractivity contribution >= 4 is 11.6 Å². The maximum Gasteiger partial charge on any atom is 0.234 e. The molecule has 2 aromatic rings. The van der Waals surface area contributed by atoms with E-state index in [9.17, 15) is 13.6 Å². The van der Waals surface area contributed by atoms with Gasteiger partial charge in [-0.15, -0.1) is 0 Å². The van der Waals surface area contributed by atoms with E-state index in [0.29, 0.717) is 24.2 Å². The normalized spacial score (nSPS) is 18.5. The van der Waals surface area contributed by atoms with Crippen molar-refractivity contribution < 1.29 is 18.3 Å². The van der Waals surface area contributed by atoms with Crippen molar-refractivity contribution in [2.24, 2.45) is 0 Å². The summed E-state index contributed by atoms with van der Waals surface area (Å²) in [5.74, 6) is -1.26. The number of carbonyl (C=O) groups is 1. The molecule has 0 spiro atoms. The second-order valence-corrected chi connectivity index (χ2v) is 6.29. The van der Waals surface area contributed by atoms with Gasteiger partial charge in [0.05, 0.1) is 18.7 Å². The van der Waals surface area contributed by atoms with E-state index < -0.39 is 11.6 Å². The first kappa shape index (κ1) is 15.1. The predicted octanol–water partition coefficient (Wildman–Crippen LogP) is 3.59. The molecule has 1 unspecified atom stereocenters. The summed E-state index contributed by atoms with van der Waals surface area (Å²) in [6.45, 7) is 0.471. The van der Waals surface area contributed by atoms with Crippen LogP contribution in [0, 0.1) is 11.6 Å². The van der Waals surface area contributed by atoms with E-state index in [1.54, 1.807) is 12.0 Å². The zero-order valence-electron chi connectivity index (χ0n) is 13.3. The Morgan fingerprint density at radius 2 is 1.92 bits per heavy atom. The topological polar surface area (TPSA) is 29.5 Å². The zero-order valence-corrected chi connectivity index (χ0v) is 13.3. The lowest BCUT2D eigenvalue weighted by Crippen LogP contribution is -2.33. The molecule has 0 aromatic heterocycles. The molecule has 0 fully saturated rings. The largest absolute Gasteiger partial charge is 0.497 e. The number of amides is 1. The maximum absolute atomic E-state index is 13.6. The van der Waals surface area contributed by atoms with E-state index in [4.69, 9.17) is 4.74 Å². The number of methoxy groups -OCH3 is 1. The molecule has 5 heteroatoms. The van der Waals surface area contributed by atoms with Gasteiger partial charge >= 0.3 is 0 Å². The third kappa shape index (κ3) is 2.27. The molecule has 2 aliphatic rings. The summed E-state index contributed by atoms with van der Waals surface area (Å²) >= 11 is 0. The van der Waals surface area contributed by atoms with Crippen LogP contribution in [-0.4, -0.2) is 19.6 Å². The Morgan fingerprint density at radius 3 is 2.71 bits per heavy atom. The van der Waals surface area contributed by atoms with E-state index in [2.05, 4.69) is 0 Å². The summed E-state index contributed by atoms with van der Waals surface area (Å²) < 4.78 is 32.2. The summed E-state index contributed by atoms with van der Waals surface area (Å²) in [6, 6.07) is 8.10. The Kier molecular flexibility index (Phi) is 3.52. The first-order valence-electron chi connectivity index (χ1n) is 8.04. The Hall–Kier alpha value is -2.43. The number of aryl methyl sites for hydroxylation is 1. The number of nitrogens with zero attached hydrogens (tertiary/aromatic N) is 1. The molecule has 0 saturated heterocycles. The van der Waals surface area contributed by atoms with Crippen molar-refractivity contribution in [2.75, 3.05) is 18.6 Å². The third-order valence-corrected chi connectivity index (χ3v) is 5.01. The number of halogens is 2. The fourth-order valence-electron chi connectivity index (χ4n) is 3.78. The van der Waals surface area contributed by atoms with Gasteiger partial charge in [0, 0.05) is 12.6 Å². The molecule has 0 saturated carbocycles. The first-order valence-corrected chi connectivity index (χ1v) is 8.04. The lowest BCUT2D eigenvalue weighted by Gasteiger charge is -2.22. The fraction of sp³-hybridized carbons (Fsp3) is 0.316. The lowest BCUT2D eigenvalue weighted by atomic mass is 9.99. The Morgan fingerprint density at radius 1 is 1.12 bits per heavy atom. The number of ether oxygens (including phenoxy) is 1. The van der Waals surface area contributed by atoms with E-state index in [1.807, 2.05) is 18.2 Å². The van der Waals surface area contributed by atoms with Crippen molar-refractivity contribution in [1.82, 2.24) is 0 Å². The van der Waals surface area contributed by atoms with Crippen LogP contribution in [0.1, 0.15) is 29.0 Å². The second kappa shape index (κ2) is 5.58. The summed E-state index contributed by atoms with van der Waals surface area (Å²) in [6.07, 6.45) is 2.11. The van der Waals surface area contributed by atoms with Crippen molar-refractivity contribution in [3.05, 3.63) is 58.7 Å². The van der Waals surface area contributed by atoms with Crippen LogP contribution < -0.4 is 9.64 Å². The number of anilines is 1. The van der Waals surface area contributed by atoms with Gasteiger partial charge in [-0.2, -0.15) is 0 Å². The van der Waals surface area contributed by atoms with Gasteiger partial charge in [0.25, 0.3) is 0 Å². The van der Waals surface area contributed by atoms with Crippen LogP contribution in [0.15, 0.2) is 30.3 Å². The Bertz CT molecular complexity index is 834. The fourth-order valence-corrected chi connectivity index (χ4v) is 3.78. The van der Waals surface area contributed by atoms with Crippen LogP contribution in [0.3, 0.4) is 0 Å². The van der Waals surface area contributed by atoms with Gasteiger partial charge in [0.15, 0.2) is 11.6 Å². The minimum Gasteiger partial charge on any atom is -0.497 e. The maximum atomic E-state index is 13.6. The number of rotatable bonds is 2. The van der Waals surface area contributed by atoms with Gasteiger partial charge in [0.2, 0.25) is 5.91 Å². The van der Waals surface area contributed by atoms with Gasteiger partial charge in [0.1, 0.15) is 5.75 Å². The average Bonchev–Trinajstić information content (AvgIpc) is 3.18. The number of hydrogen-bond acceptors (Lipinski definition) is 2. The van der Waals surface area contributed by atoms with Crippen LogP contribution in [0.5, 0.6) is 5.75 Å². The molecule has 1 aliphatic heterocycles. The molecule has 1 heterocycles. The molecule has 0 bridgehead atoms. The van der Waals surface area contributed by atoms with Crippen molar-refractivity contribution in [2.45, 2.75) is 25.2 Å². The molecule has 1 amide bonds. The number of hydrogen-bond donors (Lipinski definition) is 0. The zero-order chi connectivity index (χ0) is 16.8. The Labute approximate surface area is 138 Å². The highest BCUT2D eigenvalue weighted by atomic mass is 19.2. The molecule has 0 N–H and O–H groups in total. The molecule has 24 heavy (non-hydrogen) atoms. The molecule has 1 aliphatic carbocycles. The van der Waals surface area contributed by atoms with E-state index in [-0.39, 0.29) is 11.8 Å². The lowest BCUT2D eigenvalue weighted by molar-refractivity contribution is -0.119. The quantitative estimate of drug-likeness (QED) is 0.843. The molecular weight excluding hydrogens is 312 g/mol. The molecule has 4 rings (SSSR count). The van der Waals surface area contributed by atoms with Gasteiger partial charge in [-0.25, -0.2) is 8.78 Å². The summed E-state index contributed by atoms with van der Waals surface area (Å²) in [5, 5.41) is 0. The van der Waals surface area contributed by atoms with Crippen molar-refractivity contribution in [1.29, 1.82) is 0 Å². The highest BCUT2D eigenvalue weighted by Gasteiger charge is 2.35. The molecule has 2 aromatic carbocycles. The standard InChI is InChI=1S/C19H17F2NO2/c1-24-13-3-5-14-11(8-13)2-4-15(14)19(23)22-7-6-12-9-16(20)17(21)10-18(12)22/h3,5,8-10,15H,2,4,6-7H2,1H3. The monoisotopic (exact) mass is 329 g/mol. The predicted molar refractivity (Wildman–Crippen MR) is 86.5 cm³/mol. The minimum atomic E-state index is -0.912. The minimum absolute atomic E-state index is 0.0383. The van der Waals surface area contributed by atoms with Gasteiger partial charge in [-0.3, -0.25) is 4.79 Å². The smallest absolute Gasteiger partial charge is 0.234 e. The van der Waals surface area contributed by atoms with Gasteiger partial charge < -0.3 is 9.64 Å². The highest BCUT2D eigenvalue weighted by Crippen LogP contribution is 2.39. The first-order chi connectivity index (χ1) is 11.6. The van der Waals surface area contributed by atoms with Crippen LogP contribution in [0.25, 0.3) is 0 Å². The van der Waals surface area contributed by atoms with Gasteiger partial charge in [-0.05, 0) is 54.2 Å². The second-order valence-electron chi connectivity index (χ2n) is 6.29. The molecule has 3 nitrogen and oxygen atoms in total. The third-order valence-electron chi connectivity index (χ3n) is 5.01. The summed E-state index contributed by atoms with van der Waals surface area (Å²) in [7, 11) is 1.62. The van der Waals surface area contributed by atoms with E-state index in [1.165, 1.54) is 6.07 Å². The molecule has 1 atom stereocenters.